The second-order valence-corrected chi connectivity index (χ2v) is 5.55. The fourth-order valence-corrected chi connectivity index (χ4v) is 2.83. The number of aliphatic hydroxyl groups is 1. The van der Waals surface area contributed by atoms with E-state index >= 15 is 0 Å². The first-order valence-corrected chi connectivity index (χ1v) is 7.58. The topological polar surface area (TPSA) is 68.4 Å². The molecule has 0 bridgehead atoms. The Bertz CT molecular complexity index is 804. The lowest BCUT2D eigenvalue weighted by molar-refractivity contribution is 0.146. The SMILES string of the molecule is COc1cncc(C(O)C(CN)c2ccc3ccccc3c2)c1. The Hall–Kier alpha value is -2.43. The maximum atomic E-state index is 10.8. The van der Waals surface area contributed by atoms with E-state index in [-0.39, 0.29) is 5.92 Å². The summed E-state index contributed by atoms with van der Waals surface area (Å²) in [7, 11) is 1.58. The van der Waals surface area contributed by atoms with Crippen molar-refractivity contribution in [2.24, 2.45) is 5.73 Å². The predicted molar refractivity (Wildman–Crippen MR) is 91.5 cm³/mol. The summed E-state index contributed by atoms with van der Waals surface area (Å²) < 4.78 is 5.18. The monoisotopic (exact) mass is 308 g/mol. The van der Waals surface area contributed by atoms with Crippen LogP contribution in [0.2, 0.25) is 0 Å². The van der Waals surface area contributed by atoms with Gasteiger partial charge in [-0.1, -0.05) is 42.5 Å². The first kappa shape index (κ1) is 15.5. The predicted octanol–water partition coefficient (Wildman–Crippen LogP) is 3.02. The molecule has 4 heteroatoms. The zero-order chi connectivity index (χ0) is 16.2. The second kappa shape index (κ2) is 6.77. The summed E-state index contributed by atoms with van der Waals surface area (Å²) in [6.07, 6.45) is 2.53. The van der Waals surface area contributed by atoms with Crippen LogP contribution in [-0.4, -0.2) is 23.7 Å². The Kier molecular flexibility index (Phi) is 4.55. The van der Waals surface area contributed by atoms with Gasteiger partial charge in [0.1, 0.15) is 5.75 Å². The number of pyridine rings is 1. The molecule has 0 spiro atoms. The Labute approximate surface area is 135 Å². The highest BCUT2D eigenvalue weighted by Gasteiger charge is 2.22. The van der Waals surface area contributed by atoms with Gasteiger partial charge < -0.3 is 15.6 Å². The number of benzene rings is 2. The van der Waals surface area contributed by atoms with Gasteiger partial charge in [-0.3, -0.25) is 4.98 Å². The summed E-state index contributed by atoms with van der Waals surface area (Å²) in [5.41, 5.74) is 7.66. The number of rotatable bonds is 5. The normalized spacial score (nSPS) is 13.7. The number of nitrogens with zero attached hydrogens (tertiary/aromatic N) is 1. The first-order valence-electron chi connectivity index (χ1n) is 7.58. The van der Waals surface area contributed by atoms with E-state index in [9.17, 15) is 5.11 Å². The van der Waals surface area contributed by atoms with Crippen LogP contribution in [0.25, 0.3) is 10.8 Å². The average Bonchev–Trinajstić information content (AvgIpc) is 2.62. The van der Waals surface area contributed by atoms with E-state index < -0.39 is 6.10 Å². The Balaban J connectivity index is 1.96. The van der Waals surface area contributed by atoms with Crippen molar-refractivity contribution in [3.8, 4) is 5.75 Å². The van der Waals surface area contributed by atoms with Crippen LogP contribution in [0.1, 0.15) is 23.1 Å². The fraction of sp³-hybridized carbons (Fsp3) is 0.211. The van der Waals surface area contributed by atoms with Gasteiger partial charge in [0.15, 0.2) is 0 Å². The summed E-state index contributed by atoms with van der Waals surface area (Å²) in [6, 6.07) is 16.1. The molecule has 1 aromatic heterocycles. The van der Waals surface area contributed by atoms with Crippen LogP contribution in [0.5, 0.6) is 5.75 Å². The highest BCUT2D eigenvalue weighted by Crippen LogP contribution is 2.32. The van der Waals surface area contributed by atoms with E-state index in [1.165, 1.54) is 5.39 Å². The summed E-state index contributed by atoms with van der Waals surface area (Å²) in [6.45, 7) is 0.344. The van der Waals surface area contributed by atoms with Gasteiger partial charge in [-0.2, -0.15) is 0 Å². The molecule has 3 rings (SSSR count). The summed E-state index contributed by atoms with van der Waals surface area (Å²) in [4.78, 5) is 4.11. The number of aromatic nitrogens is 1. The lowest BCUT2D eigenvalue weighted by Gasteiger charge is -2.22. The lowest BCUT2D eigenvalue weighted by atomic mass is 9.88. The maximum Gasteiger partial charge on any atom is 0.137 e. The highest BCUT2D eigenvalue weighted by atomic mass is 16.5. The van der Waals surface area contributed by atoms with Gasteiger partial charge in [0.25, 0.3) is 0 Å². The van der Waals surface area contributed by atoms with Crippen LogP contribution < -0.4 is 10.5 Å². The minimum Gasteiger partial charge on any atom is -0.495 e. The fourth-order valence-electron chi connectivity index (χ4n) is 2.83. The molecule has 0 aliphatic heterocycles. The molecule has 2 atom stereocenters. The average molecular weight is 308 g/mol. The molecule has 2 unspecified atom stereocenters. The van der Waals surface area contributed by atoms with E-state index in [4.69, 9.17) is 10.5 Å². The number of methoxy groups -OCH3 is 1. The molecule has 0 radical (unpaired) electrons. The minimum atomic E-state index is -0.733. The number of nitrogens with two attached hydrogens (primary N) is 1. The van der Waals surface area contributed by atoms with Crippen molar-refractivity contribution in [1.29, 1.82) is 0 Å². The van der Waals surface area contributed by atoms with Crippen molar-refractivity contribution in [2.75, 3.05) is 13.7 Å². The largest absolute Gasteiger partial charge is 0.495 e. The minimum absolute atomic E-state index is 0.200. The zero-order valence-electron chi connectivity index (χ0n) is 13.0. The van der Waals surface area contributed by atoms with Gasteiger partial charge in [0.2, 0.25) is 0 Å². The number of aliphatic hydroxyl groups excluding tert-OH is 1. The Morgan fingerprint density at radius 3 is 2.57 bits per heavy atom. The standard InChI is InChI=1S/C19H20N2O2/c1-23-17-9-16(11-21-12-17)19(22)18(10-20)15-7-6-13-4-2-3-5-14(13)8-15/h2-9,11-12,18-19,22H,10,20H2,1H3. The van der Waals surface area contributed by atoms with Crippen LogP contribution in [0.3, 0.4) is 0 Å². The van der Waals surface area contributed by atoms with Crippen molar-refractivity contribution in [3.05, 3.63) is 72.1 Å². The third kappa shape index (κ3) is 3.18. The van der Waals surface area contributed by atoms with Gasteiger partial charge in [-0.25, -0.2) is 0 Å². The van der Waals surface area contributed by atoms with Crippen LogP contribution in [0.4, 0.5) is 0 Å². The maximum absolute atomic E-state index is 10.8. The quantitative estimate of drug-likeness (QED) is 0.760. The van der Waals surface area contributed by atoms with E-state index in [1.807, 2.05) is 18.2 Å². The molecule has 2 aromatic carbocycles. The number of hydrogen-bond donors (Lipinski definition) is 2. The van der Waals surface area contributed by atoms with Crippen LogP contribution in [-0.2, 0) is 0 Å². The molecule has 0 amide bonds. The molecule has 0 aliphatic carbocycles. The molecule has 3 N–H and O–H groups in total. The highest BCUT2D eigenvalue weighted by molar-refractivity contribution is 5.83. The smallest absolute Gasteiger partial charge is 0.137 e. The molecule has 0 saturated carbocycles. The molecule has 0 fully saturated rings. The molecule has 4 nitrogen and oxygen atoms in total. The van der Waals surface area contributed by atoms with E-state index in [0.717, 1.165) is 10.9 Å². The van der Waals surface area contributed by atoms with Crippen molar-refractivity contribution in [3.63, 3.8) is 0 Å². The van der Waals surface area contributed by atoms with E-state index in [2.05, 4.69) is 29.2 Å². The molecule has 23 heavy (non-hydrogen) atoms. The van der Waals surface area contributed by atoms with Gasteiger partial charge in [0.05, 0.1) is 19.4 Å². The third-order valence-electron chi connectivity index (χ3n) is 4.15. The Morgan fingerprint density at radius 1 is 1.04 bits per heavy atom. The summed E-state index contributed by atoms with van der Waals surface area (Å²) in [5.74, 6) is 0.421. The van der Waals surface area contributed by atoms with Crippen LogP contribution in [0.15, 0.2) is 60.9 Å². The zero-order valence-corrected chi connectivity index (χ0v) is 13.0. The lowest BCUT2D eigenvalue weighted by Crippen LogP contribution is -2.20. The van der Waals surface area contributed by atoms with Crippen molar-refractivity contribution in [2.45, 2.75) is 12.0 Å². The van der Waals surface area contributed by atoms with Gasteiger partial charge >= 0.3 is 0 Å². The van der Waals surface area contributed by atoms with Crippen LogP contribution in [0, 0.1) is 0 Å². The molecule has 118 valence electrons. The molecular formula is C19H20N2O2. The summed E-state index contributed by atoms with van der Waals surface area (Å²) >= 11 is 0. The van der Waals surface area contributed by atoms with E-state index in [1.54, 1.807) is 25.6 Å². The molecule has 3 aromatic rings. The number of ether oxygens (including phenoxy) is 1. The van der Waals surface area contributed by atoms with Crippen molar-refractivity contribution < 1.29 is 9.84 Å². The molecule has 0 saturated heterocycles. The van der Waals surface area contributed by atoms with Gasteiger partial charge in [-0.15, -0.1) is 0 Å². The molecular weight excluding hydrogens is 288 g/mol. The Morgan fingerprint density at radius 2 is 1.83 bits per heavy atom. The molecule has 0 aliphatic rings. The number of fused-ring (bicyclic) bond motifs is 1. The molecule has 1 heterocycles. The number of hydrogen-bond acceptors (Lipinski definition) is 4. The van der Waals surface area contributed by atoms with Crippen LogP contribution >= 0.6 is 0 Å². The third-order valence-corrected chi connectivity index (χ3v) is 4.15. The first-order chi connectivity index (χ1) is 11.2. The second-order valence-electron chi connectivity index (χ2n) is 5.55. The van der Waals surface area contributed by atoms with Crippen molar-refractivity contribution >= 4 is 10.8 Å². The van der Waals surface area contributed by atoms with Crippen molar-refractivity contribution in [1.82, 2.24) is 4.98 Å². The van der Waals surface area contributed by atoms with E-state index in [0.29, 0.717) is 17.9 Å². The van der Waals surface area contributed by atoms with Gasteiger partial charge in [0, 0.05) is 24.2 Å². The summed E-state index contributed by atoms with van der Waals surface area (Å²) in [5, 5.41) is 13.1. The van der Waals surface area contributed by atoms with Gasteiger partial charge in [-0.05, 0) is 22.4 Å².